The van der Waals surface area contributed by atoms with Crippen molar-refractivity contribution in [2.75, 3.05) is 13.2 Å². The van der Waals surface area contributed by atoms with Crippen molar-refractivity contribution in [2.24, 2.45) is 0 Å². The van der Waals surface area contributed by atoms with Crippen LogP contribution in [-0.4, -0.2) is 29.7 Å². The lowest BCUT2D eigenvalue weighted by atomic mass is 10.2. The molecule has 0 aliphatic rings. The number of alkyl halides is 3. The van der Waals surface area contributed by atoms with E-state index in [1.54, 1.807) is 0 Å². The molecule has 0 saturated heterocycles. The van der Waals surface area contributed by atoms with Gasteiger partial charge in [-0.3, -0.25) is 4.79 Å². The van der Waals surface area contributed by atoms with E-state index in [0.717, 1.165) is 0 Å². The lowest BCUT2D eigenvalue weighted by Crippen LogP contribution is -2.24. The number of amides is 1. The van der Waals surface area contributed by atoms with Crippen molar-refractivity contribution in [2.45, 2.75) is 16.8 Å². The largest absolute Gasteiger partial charge is 0.446 e. The molecule has 0 unspecified atom stereocenters. The van der Waals surface area contributed by atoms with E-state index in [4.69, 9.17) is 5.11 Å². The Morgan fingerprint density at radius 1 is 1.28 bits per heavy atom. The van der Waals surface area contributed by atoms with Gasteiger partial charge in [0, 0.05) is 23.6 Å². The molecule has 3 nitrogen and oxygen atoms in total. The summed E-state index contributed by atoms with van der Waals surface area (Å²) >= 11 is -0.222. The maximum absolute atomic E-state index is 12.1. The Hall–Kier alpha value is -1.21. The van der Waals surface area contributed by atoms with Gasteiger partial charge in [-0.2, -0.15) is 13.2 Å². The molecular weight excluding hydrogens is 267 g/mol. The third kappa shape index (κ3) is 5.42. The molecule has 18 heavy (non-hydrogen) atoms. The zero-order chi connectivity index (χ0) is 13.6. The number of halogens is 3. The summed E-state index contributed by atoms with van der Waals surface area (Å²) in [5.74, 6) is -0.369. The molecule has 1 rings (SSSR count). The predicted molar refractivity (Wildman–Crippen MR) is 62.4 cm³/mol. The summed E-state index contributed by atoms with van der Waals surface area (Å²) in [6, 6.07) is 5.17. The molecule has 100 valence electrons. The van der Waals surface area contributed by atoms with E-state index in [-0.39, 0.29) is 29.2 Å². The number of rotatable bonds is 5. The van der Waals surface area contributed by atoms with Gasteiger partial charge in [0.05, 0.1) is 0 Å². The summed E-state index contributed by atoms with van der Waals surface area (Å²) in [4.78, 5) is 11.5. The second kappa shape index (κ2) is 6.65. The Labute approximate surface area is 106 Å². The van der Waals surface area contributed by atoms with Crippen molar-refractivity contribution in [1.29, 1.82) is 0 Å². The highest BCUT2D eigenvalue weighted by Gasteiger charge is 2.29. The molecule has 1 amide bonds. The highest BCUT2D eigenvalue weighted by molar-refractivity contribution is 8.00. The van der Waals surface area contributed by atoms with Gasteiger partial charge >= 0.3 is 5.51 Å². The van der Waals surface area contributed by atoms with E-state index < -0.39 is 5.51 Å². The highest BCUT2D eigenvalue weighted by atomic mass is 32.2. The standard InChI is InChI=1S/C11H12F3NO2S/c12-11(13,14)18-9-4-2-8(3-5-9)10(17)15-6-1-7-16/h2-5,16H,1,6-7H2,(H,15,17). The van der Waals surface area contributed by atoms with Crippen LogP contribution in [0.5, 0.6) is 0 Å². The second-order valence-electron chi connectivity index (χ2n) is 3.41. The number of aliphatic hydroxyl groups excluding tert-OH is 1. The first-order valence-electron chi connectivity index (χ1n) is 5.17. The summed E-state index contributed by atoms with van der Waals surface area (Å²) in [6.07, 6.45) is 0.438. The molecule has 0 atom stereocenters. The molecule has 0 aliphatic carbocycles. The summed E-state index contributed by atoms with van der Waals surface area (Å²) < 4.78 is 36.2. The SMILES string of the molecule is O=C(NCCCO)c1ccc(SC(F)(F)F)cc1. The quantitative estimate of drug-likeness (QED) is 0.643. The van der Waals surface area contributed by atoms with Crippen molar-refractivity contribution in [3.63, 3.8) is 0 Å². The van der Waals surface area contributed by atoms with Crippen molar-refractivity contribution < 1.29 is 23.1 Å². The summed E-state index contributed by atoms with van der Waals surface area (Å²) in [5, 5.41) is 11.1. The number of nitrogens with one attached hydrogen (secondary N) is 1. The maximum atomic E-state index is 12.1. The summed E-state index contributed by atoms with van der Waals surface area (Å²) in [7, 11) is 0. The van der Waals surface area contributed by atoms with Crippen molar-refractivity contribution >= 4 is 17.7 Å². The third-order valence-electron chi connectivity index (χ3n) is 1.97. The van der Waals surface area contributed by atoms with Gasteiger partial charge in [-0.25, -0.2) is 0 Å². The van der Waals surface area contributed by atoms with Gasteiger partial charge in [0.15, 0.2) is 0 Å². The lowest BCUT2D eigenvalue weighted by Gasteiger charge is -2.07. The van der Waals surface area contributed by atoms with Crippen LogP contribution < -0.4 is 5.32 Å². The molecule has 2 N–H and O–H groups in total. The van der Waals surface area contributed by atoms with Crippen LogP contribution in [0.15, 0.2) is 29.2 Å². The molecule has 0 heterocycles. The smallest absolute Gasteiger partial charge is 0.396 e. The number of aliphatic hydroxyl groups is 1. The van der Waals surface area contributed by atoms with E-state index in [1.165, 1.54) is 24.3 Å². The van der Waals surface area contributed by atoms with Crippen LogP contribution >= 0.6 is 11.8 Å². The van der Waals surface area contributed by atoms with Crippen LogP contribution in [0.25, 0.3) is 0 Å². The van der Waals surface area contributed by atoms with Crippen LogP contribution in [0.3, 0.4) is 0 Å². The molecule has 0 saturated carbocycles. The van der Waals surface area contributed by atoms with Crippen LogP contribution in [0, 0.1) is 0 Å². The molecule has 0 aliphatic heterocycles. The zero-order valence-corrected chi connectivity index (χ0v) is 10.1. The molecule has 1 aromatic rings. The van der Waals surface area contributed by atoms with E-state index in [0.29, 0.717) is 18.5 Å². The minimum atomic E-state index is -4.33. The summed E-state index contributed by atoms with van der Waals surface area (Å²) in [5.41, 5.74) is -4.04. The molecule has 7 heteroatoms. The van der Waals surface area contributed by atoms with Crippen LogP contribution in [0.4, 0.5) is 13.2 Å². The van der Waals surface area contributed by atoms with Gasteiger partial charge < -0.3 is 10.4 Å². The first-order valence-corrected chi connectivity index (χ1v) is 5.99. The van der Waals surface area contributed by atoms with Crippen molar-refractivity contribution in [3.8, 4) is 0 Å². The number of carbonyl (C=O) groups excluding carboxylic acids is 1. The molecular formula is C11H12F3NO2S. The average Bonchev–Trinajstić information content (AvgIpc) is 2.28. The molecule has 0 aromatic heterocycles. The second-order valence-corrected chi connectivity index (χ2v) is 4.54. The lowest BCUT2D eigenvalue weighted by molar-refractivity contribution is -0.0328. The minimum absolute atomic E-state index is 0.0263. The number of hydrogen-bond acceptors (Lipinski definition) is 3. The fourth-order valence-corrected chi connectivity index (χ4v) is 1.73. The van der Waals surface area contributed by atoms with E-state index in [9.17, 15) is 18.0 Å². The number of hydrogen-bond donors (Lipinski definition) is 2. The van der Waals surface area contributed by atoms with E-state index in [1.807, 2.05) is 0 Å². The van der Waals surface area contributed by atoms with E-state index in [2.05, 4.69) is 5.32 Å². The molecule has 0 fully saturated rings. The monoisotopic (exact) mass is 279 g/mol. The Bertz CT molecular complexity index is 392. The Kier molecular flexibility index (Phi) is 5.49. The first kappa shape index (κ1) is 14.8. The van der Waals surface area contributed by atoms with Gasteiger partial charge in [0.2, 0.25) is 0 Å². The normalized spacial score (nSPS) is 11.3. The van der Waals surface area contributed by atoms with Gasteiger partial charge in [-0.15, -0.1) is 0 Å². The van der Waals surface area contributed by atoms with E-state index >= 15 is 0 Å². The number of carbonyl (C=O) groups is 1. The number of benzene rings is 1. The minimum Gasteiger partial charge on any atom is -0.396 e. The Morgan fingerprint density at radius 2 is 1.89 bits per heavy atom. The number of thioether (sulfide) groups is 1. The first-order chi connectivity index (χ1) is 8.42. The highest BCUT2D eigenvalue weighted by Crippen LogP contribution is 2.36. The fourth-order valence-electron chi connectivity index (χ4n) is 1.19. The molecule has 0 spiro atoms. The maximum Gasteiger partial charge on any atom is 0.446 e. The van der Waals surface area contributed by atoms with Gasteiger partial charge in [-0.05, 0) is 42.4 Å². The summed E-state index contributed by atoms with van der Waals surface area (Å²) in [6.45, 7) is 0.301. The predicted octanol–water partition coefficient (Wildman–Crippen LogP) is 2.41. The third-order valence-corrected chi connectivity index (χ3v) is 2.71. The topological polar surface area (TPSA) is 49.3 Å². The Morgan fingerprint density at radius 3 is 2.39 bits per heavy atom. The van der Waals surface area contributed by atoms with Gasteiger partial charge in [-0.1, -0.05) is 0 Å². The van der Waals surface area contributed by atoms with Crippen LogP contribution in [0.2, 0.25) is 0 Å². The van der Waals surface area contributed by atoms with Gasteiger partial charge in [0.1, 0.15) is 0 Å². The van der Waals surface area contributed by atoms with Crippen LogP contribution in [-0.2, 0) is 0 Å². The van der Waals surface area contributed by atoms with Gasteiger partial charge in [0.25, 0.3) is 5.91 Å². The van der Waals surface area contributed by atoms with Crippen molar-refractivity contribution in [1.82, 2.24) is 5.32 Å². The van der Waals surface area contributed by atoms with Crippen molar-refractivity contribution in [3.05, 3.63) is 29.8 Å². The van der Waals surface area contributed by atoms with Crippen LogP contribution in [0.1, 0.15) is 16.8 Å². The fraction of sp³-hybridized carbons (Fsp3) is 0.364. The molecule has 1 aromatic carbocycles. The Balaban J connectivity index is 2.57. The molecule has 0 radical (unpaired) electrons. The molecule has 0 bridgehead atoms. The zero-order valence-electron chi connectivity index (χ0n) is 9.33. The average molecular weight is 279 g/mol.